The van der Waals surface area contributed by atoms with Gasteiger partial charge in [-0.2, -0.15) is 11.8 Å². The van der Waals surface area contributed by atoms with Gasteiger partial charge in [0.15, 0.2) is 0 Å². The second-order valence-corrected chi connectivity index (χ2v) is 7.17. The standard InChI is InChI=1S/C17H21NO3S/c1-22-11-15(19)18-13-7-8-14(18)17(10-13,16(20)21)9-12-5-3-2-4-6-12/h2-6,13-14H,7-11H2,1H3,(H,20,21)/t13-,14+,17+/m0/s1. The maximum atomic E-state index is 12.4. The number of carboxylic acids is 1. The van der Waals surface area contributed by atoms with Crippen molar-refractivity contribution < 1.29 is 14.7 Å². The Kier molecular flexibility index (Phi) is 4.17. The first-order valence-corrected chi connectivity index (χ1v) is 9.05. The SMILES string of the molecule is CSCC(=O)N1[C@H]2CC[C@@H]1[C@](Cc1ccccc1)(C(=O)O)C2. The predicted molar refractivity (Wildman–Crippen MR) is 86.9 cm³/mol. The molecule has 1 amide bonds. The minimum absolute atomic E-state index is 0.0937. The Morgan fingerprint density at radius 3 is 2.68 bits per heavy atom. The van der Waals surface area contributed by atoms with Crippen molar-refractivity contribution in [2.75, 3.05) is 12.0 Å². The third-order valence-corrected chi connectivity index (χ3v) is 5.62. The summed E-state index contributed by atoms with van der Waals surface area (Å²) < 4.78 is 0. The smallest absolute Gasteiger partial charge is 0.312 e. The van der Waals surface area contributed by atoms with E-state index in [2.05, 4.69) is 0 Å². The van der Waals surface area contributed by atoms with Crippen LogP contribution in [0.25, 0.3) is 0 Å². The van der Waals surface area contributed by atoms with Crippen LogP contribution in [0.5, 0.6) is 0 Å². The first-order valence-electron chi connectivity index (χ1n) is 7.66. The molecule has 0 aromatic heterocycles. The van der Waals surface area contributed by atoms with Crippen LogP contribution in [0.1, 0.15) is 24.8 Å². The highest BCUT2D eigenvalue weighted by molar-refractivity contribution is 7.99. The number of benzene rings is 1. The summed E-state index contributed by atoms with van der Waals surface area (Å²) in [7, 11) is 0. The summed E-state index contributed by atoms with van der Waals surface area (Å²) in [4.78, 5) is 26.4. The molecule has 2 saturated heterocycles. The van der Waals surface area contributed by atoms with Gasteiger partial charge in [-0.1, -0.05) is 30.3 Å². The summed E-state index contributed by atoms with van der Waals surface area (Å²) in [5.41, 5.74) is 0.216. The van der Waals surface area contributed by atoms with Crippen molar-refractivity contribution in [2.45, 2.75) is 37.8 Å². The molecular weight excluding hydrogens is 298 g/mol. The van der Waals surface area contributed by atoms with Gasteiger partial charge in [0.1, 0.15) is 0 Å². The van der Waals surface area contributed by atoms with E-state index in [0.717, 1.165) is 18.4 Å². The van der Waals surface area contributed by atoms with Crippen LogP contribution in [-0.2, 0) is 16.0 Å². The van der Waals surface area contributed by atoms with Gasteiger partial charge < -0.3 is 10.0 Å². The van der Waals surface area contributed by atoms with E-state index >= 15 is 0 Å². The zero-order chi connectivity index (χ0) is 15.7. The predicted octanol–water partition coefficient (Wildman–Crippen LogP) is 2.43. The number of hydrogen-bond donors (Lipinski definition) is 1. The zero-order valence-electron chi connectivity index (χ0n) is 12.7. The molecule has 3 rings (SSSR count). The fraction of sp³-hybridized carbons (Fsp3) is 0.529. The Balaban J connectivity index is 1.90. The van der Waals surface area contributed by atoms with Crippen molar-refractivity contribution in [3.8, 4) is 0 Å². The number of hydrogen-bond acceptors (Lipinski definition) is 3. The molecule has 3 atom stereocenters. The molecule has 0 spiro atoms. The molecule has 118 valence electrons. The number of carboxylic acid groups (broad SMARTS) is 1. The van der Waals surface area contributed by atoms with Gasteiger partial charge >= 0.3 is 5.97 Å². The van der Waals surface area contributed by atoms with Crippen LogP contribution < -0.4 is 0 Å². The summed E-state index contributed by atoms with van der Waals surface area (Å²) in [5.74, 6) is -0.227. The Labute approximate surface area is 134 Å². The van der Waals surface area contributed by atoms with E-state index in [4.69, 9.17) is 0 Å². The highest BCUT2D eigenvalue weighted by atomic mass is 32.2. The molecule has 1 N–H and O–H groups in total. The fourth-order valence-electron chi connectivity index (χ4n) is 4.21. The van der Waals surface area contributed by atoms with Crippen LogP contribution >= 0.6 is 11.8 Å². The first kappa shape index (κ1) is 15.4. The van der Waals surface area contributed by atoms with Crippen LogP contribution in [0.4, 0.5) is 0 Å². The highest BCUT2D eigenvalue weighted by Crippen LogP contribution is 2.51. The maximum Gasteiger partial charge on any atom is 0.312 e. The van der Waals surface area contributed by atoms with E-state index in [1.165, 1.54) is 11.8 Å². The lowest BCUT2D eigenvalue weighted by atomic mass is 9.70. The lowest BCUT2D eigenvalue weighted by Crippen LogP contribution is -2.46. The Morgan fingerprint density at radius 1 is 1.32 bits per heavy atom. The Morgan fingerprint density at radius 2 is 2.05 bits per heavy atom. The number of rotatable bonds is 5. The van der Waals surface area contributed by atoms with Crippen LogP contribution in [0.3, 0.4) is 0 Å². The monoisotopic (exact) mass is 319 g/mol. The van der Waals surface area contributed by atoms with E-state index in [1.807, 2.05) is 41.5 Å². The van der Waals surface area contributed by atoms with Crippen molar-refractivity contribution in [1.29, 1.82) is 0 Å². The van der Waals surface area contributed by atoms with Crippen molar-refractivity contribution in [3.05, 3.63) is 35.9 Å². The number of carbonyl (C=O) groups excluding carboxylic acids is 1. The third-order valence-electron chi connectivity index (χ3n) is 5.08. The van der Waals surface area contributed by atoms with Crippen LogP contribution in [0.2, 0.25) is 0 Å². The molecule has 5 heteroatoms. The average Bonchev–Trinajstić information content (AvgIpc) is 3.04. The molecule has 0 radical (unpaired) electrons. The first-order chi connectivity index (χ1) is 10.6. The molecule has 2 heterocycles. The van der Waals surface area contributed by atoms with E-state index in [1.54, 1.807) is 0 Å². The topological polar surface area (TPSA) is 57.6 Å². The Bertz CT molecular complexity index is 577. The lowest BCUT2D eigenvalue weighted by Gasteiger charge is -2.33. The largest absolute Gasteiger partial charge is 0.481 e. The van der Waals surface area contributed by atoms with Crippen LogP contribution in [0.15, 0.2) is 30.3 Å². The molecule has 2 aliphatic rings. The van der Waals surface area contributed by atoms with Gasteiger partial charge in [-0.15, -0.1) is 0 Å². The molecule has 0 saturated carbocycles. The van der Waals surface area contributed by atoms with Gasteiger partial charge in [0, 0.05) is 12.1 Å². The highest BCUT2D eigenvalue weighted by Gasteiger charge is 2.61. The van der Waals surface area contributed by atoms with Gasteiger partial charge in [0.25, 0.3) is 0 Å². The minimum atomic E-state index is -0.821. The van der Waals surface area contributed by atoms with E-state index in [9.17, 15) is 14.7 Å². The summed E-state index contributed by atoms with van der Waals surface area (Å²) >= 11 is 1.50. The van der Waals surface area contributed by atoms with Crippen molar-refractivity contribution in [1.82, 2.24) is 4.90 Å². The lowest BCUT2D eigenvalue weighted by molar-refractivity contribution is -0.151. The van der Waals surface area contributed by atoms with Gasteiger partial charge in [-0.25, -0.2) is 0 Å². The molecule has 22 heavy (non-hydrogen) atoms. The summed E-state index contributed by atoms with van der Waals surface area (Å²) in [6, 6.07) is 9.71. The molecule has 2 bridgehead atoms. The quantitative estimate of drug-likeness (QED) is 0.905. The number of aliphatic carboxylic acids is 1. The molecule has 1 aromatic carbocycles. The molecular formula is C17H21NO3S. The second kappa shape index (κ2) is 5.95. The van der Waals surface area contributed by atoms with Crippen LogP contribution in [-0.4, -0.2) is 46.0 Å². The number of carbonyl (C=O) groups is 2. The molecule has 4 nitrogen and oxygen atoms in total. The zero-order valence-corrected chi connectivity index (χ0v) is 13.5. The Hall–Kier alpha value is -1.49. The average molecular weight is 319 g/mol. The molecule has 1 aromatic rings. The van der Waals surface area contributed by atoms with E-state index < -0.39 is 11.4 Å². The summed E-state index contributed by atoms with van der Waals surface area (Å²) in [6.07, 6.45) is 4.75. The second-order valence-electron chi connectivity index (χ2n) is 6.31. The number of amides is 1. The van der Waals surface area contributed by atoms with Gasteiger partial charge in [-0.3, -0.25) is 9.59 Å². The van der Waals surface area contributed by atoms with Crippen molar-refractivity contribution >= 4 is 23.6 Å². The summed E-state index contributed by atoms with van der Waals surface area (Å²) in [5, 5.41) is 9.93. The molecule has 2 aliphatic heterocycles. The normalized spacial score (nSPS) is 29.8. The van der Waals surface area contributed by atoms with Gasteiger partial charge in [-0.05, 0) is 37.5 Å². The third kappa shape index (κ3) is 2.41. The molecule has 2 fully saturated rings. The number of nitrogens with zero attached hydrogens (tertiary/aromatic N) is 1. The van der Waals surface area contributed by atoms with Gasteiger partial charge in [0.2, 0.25) is 5.91 Å². The maximum absolute atomic E-state index is 12.4. The van der Waals surface area contributed by atoms with Crippen LogP contribution in [0, 0.1) is 5.41 Å². The fourth-order valence-corrected chi connectivity index (χ4v) is 4.61. The summed E-state index contributed by atoms with van der Waals surface area (Å²) in [6.45, 7) is 0. The van der Waals surface area contributed by atoms with Crippen molar-refractivity contribution in [2.24, 2.45) is 5.41 Å². The molecule has 0 aliphatic carbocycles. The van der Waals surface area contributed by atoms with E-state index in [0.29, 0.717) is 18.6 Å². The van der Waals surface area contributed by atoms with E-state index in [-0.39, 0.29) is 18.0 Å². The number of fused-ring (bicyclic) bond motifs is 2. The number of thioether (sulfide) groups is 1. The van der Waals surface area contributed by atoms with Crippen molar-refractivity contribution in [3.63, 3.8) is 0 Å². The molecule has 0 unspecified atom stereocenters. The van der Waals surface area contributed by atoms with Gasteiger partial charge in [0.05, 0.1) is 11.2 Å². The minimum Gasteiger partial charge on any atom is -0.481 e.